The molecule has 1 saturated carbocycles. The number of amides is 1. The monoisotopic (exact) mass is 255 g/mol. The summed E-state index contributed by atoms with van der Waals surface area (Å²) in [4.78, 5) is 14.1. The van der Waals surface area contributed by atoms with Crippen molar-refractivity contribution in [2.24, 2.45) is 5.92 Å². The zero-order chi connectivity index (χ0) is 13.3. The van der Waals surface area contributed by atoms with Gasteiger partial charge in [-0.3, -0.25) is 0 Å². The molecule has 4 nitrogen and oxygen atoms in total. The highest BCUT2D eigenvalue weighted by Gasteiger charge is 2.41. The van der Waals surface area contributed by atoms with Crippen LogP contribution in [0.4, 0.5) is 4.79 Å². The maximum absolute atomic E-state index is 12.2. The van der Waals surface area contributed by atoms with E-state index in [1.165, 1.54) is 0 Å². The molecule has 3 atom stereocenters. The minimum Gasteiger partial charge on any atom is -0.444 e. The Bertz CT molecular complexity index is 311. The Hall–Kier alpha value is -0.770. The predicted octanol–water partition coefficient (Wildman–Crippen LogP) is 2.55. The van der Waals surface area contributed by atoms with E-state index >= 15 is 0 Å². The number of rotatable bonds is 0. The number of hydrogen-bond donors (Lipinski definition) is 1. The summed E-state index contributed by atoms with van der Waals surface area (Å²) >= 11 is 0. The van der Waals surface area contributed by atoms with E-state index in [2.05, 4.69) is 0 Å². The fourth-order valence-electron chi connectivity index (χ4n) is 3.20. The zero-order valence-electron chi connectivity index (χ0n) is 11.7. The molecule has 1 saturated heterocycles. The number of nitrogens with zero attached hydrogens (tertiary/aromatic N) is 1. The van der Waals surface area contributed by atoms with Crippen molar-refractivity contribution in [1.82, 2.24) is 4.90 Å². The molecule has 0 aromatic heterocycles. The van der Waals surface area contributed by atoms with Crippen molar-refractivity contribution in [2.45, 2.75) is 70.6 Å². The average Bonchev–Trinajstić information content (AvgIpc) is 2.64. The van der Waals surface area contributed by atoms with Gasteiger partial charge in [-0.25, -0.2) is 4.79 Å². The average molecular weight is 255 g/mol. The van der Waals surface area contributed by atoms with Gasteiger partial charge in [0.05, 0.1) is 6.10 Å². The Morgan fingerprint density at radius 1 is 1.22 bits per heavy atom. The van der Waals surface area contributed by atoms with E-state index in [1.54, 1.807) is 0 Å². The quantitative estimate of drug-likeness (QED) is 0.723. The molecule has 2 aliphatic rings. The van der Waals surface area contributed by atoms with Crippen LogP contribution in [0.3, 0.4) is 0 Å². The number of carbonyl (C=O) groups is 1. The molecule has 1 aliphatic heterocycles. The molecule has 2 fully saturated rings. The van der Waals surface area contributed by atoms with Crippen LogP contribution in [0.2, 0.25) is 0 Å². The highest BCUT2D eigenvalue weighted by molar-refractivity contribution is 5.68. The number of carbonyl (C=O) groups excluding carboxylic acids is 1. The summed E-state index contributed by atoms with van der Waals surface area (Å²) in [6.45, 7) is 6.39. The zero-order valence-corrected chi connectivity index (χ0v) is 11.7. The number of fused-ring (bicyclic) bond motifs is 1. The van der Waals surface area contributed by atoms with Gasteiger partial charge >= 0.3 is 6.09 Å². The van der Waals surface area contributed by atoms with Gasteiger partial charge < -0.3 is 14.7 Å². The number of likely N-dealkylation sites (tertiary alicyclic amines) is 1. The minimum atomic E-state index is -0.448. The van der Waals surface area contributed by atoms with Crippen molar-refractivity contribution >= 4 is 6.09 Å². The molecule has 1 amide bonds. The van der Waals surface area contributed by atoms with Crippen LogP contribution in [0, 0.1) is 5.92 Å². The fraction of sp³-hybridized carbons (Fsp3) is 0.929. The number of aliphatic hydroxyl groups excluding tert-OH is 1. The van der Waals surface area contributed by atoms with Crippen LogP contribution < -0.4 is 0 Å². The van der Waals surface area contributed by atoms with E-state index in [-0.39, 0.29) is 24.2 Å². The first kappa shape index (κ1) is 13.7. The van der Waals surface area contributed by atoms with Gasteiger partial charge in [-0.05, 0) is 46.5 Å². The van der Waals surface area contributed by atoms with Gasteiger partial charge in [0.2, 0.25) is 0 Å². The Balaban J connectivity index is 2.09. The summed E-state index contributed by atoms with van der Waals surface area (Å²) in [6.07, 6.45) is 4.35. The van der Waals surface area contributed by atoms with Gasteiger partial charge in [0.1, 0.15) is 5.60 Å². The fourth-order valence-corrected chi connectivity index (χ4v) is 3.20. The number of ether oxygens (including phenoxy) is 1. The van der Waals surface area contributed by atoms with Crippen LogP contribution in [0.5, 0.6) is 0 Å². The van der Waals surface area contributed by atoms with E-state index in [0.717, 1.165) is 32.1 Å². The topological polar surface area (TPSA) is 49.8 Å². The summed E-state index contributed by atoms with van der Waals surface area (Å²) in [5, 5.41) is 10.1. The van der Waals surface area contributed by atoms with Gasteiger partial charge in [-0.15, -0.1) is 0 Å². The van der Waals surface area contributed by atoms with Crippen LogP contribution in [0.1, 0.15) is 52.9 Å². The number of hydrogen-bond acceptors (Lipinski definition) is 3. The SMILES string of the molecule is CC(C)(C)OC(=O)N1CCC[C@@H](O)[C@H]2CCC[C@H]21. The van der Waals surface area contributed by atoms with Gasteiger partial charge in [0.25, 0.3) is 0 Å². The summed E-state index contributed by atoms with van der Waals surface area (Å²) < 4.78 is 5.48. The van der Waals surface area contributed by atoms with Crippen LogP contribution >= 0.6 is 0 Å². The van der Waals surface area contributed by atoms with Crippen molar-refractivity contribution in [2.75, 3.05) is 6.54 Å². The van der Waals surface area contributed by atoms with Gasteiger partial charge in [0, 0.05) is 18.5 Å². The van der Waals surface area contributed by atoms with Crippen LogP contribution in [-0.2, 0) is 4.74 Å². The molecule has 0 aromatic carbocycles. The normalized spacial score (nSPS) is 32.9. The first-order chi connectivity index (χ1) is 8.38. The molecule has 1 N–H and O–H groups in total. The standard InChI is InChI=1S/C14H25NO3/c1-14(2,3)18-13(17)15-9-5-8-12(16)10-6-4-7-11(10)15/h10-12,16H,4-9H2,1-3H3/t10-,11+,12+/m0/s1. The summed E-state index contributed by atoms with van der Waals surface area (Å²) in [7, 11) is 0. The molecule has 18 heavy (non-hydrogen) atoms. The lowest BCUT2D eigenvalue weighted by molar-refractivity contribution is 0.00831. The highest BCUT2D eigenvalue weighted by Crippen LogP contribution is 2.36. The molecule has 1 aliphatic carbocycles. The third-order valence-corrected chi connectivity index (χ3v) is 3.95. The van der Waals surface area contributed by atoms with Crippen molar-refractivity contribution in [3.63, 3.8) is 0 Å². The van der Waals surface area contributed by atoms with E-state index in [9.17, 15) is 9.90 Å². The molecule has 104 valence electrons. The van der Waals surface area contributed by atoms with Crippen molar-refractivity contribution in [3.05, 3.63) is 0 Å². The molecule has 0 bridgehead atoms. The molecule has 4 heteroatoms. The smallest absolute Gasteiger partial charge is 0.410 e. The van der Waals surface area contributed by atoms with Gasteiger partial charge in [0.15, 0.2) is 0 Å². The van der Waals surface area contributed by atoms with Crippen LogP contribution in [0.15, 0.2) is 0 Å². The van der Waals surface area contributed by atoms with Gasteiger partial charge in [-0.1, -0.05) is 6.42 Å². The summed E-state index contributed by atoms with van der Waals surface area (Å²) in [6, 6.07) is 0.178. The lowest BCUT2D eigenvalue weighted by Gasteiger charge is -2.33. The predicted molar refractivity (Wildman–Crippen MR) is 69.3 cm³/mol. The molecular weight excluding hydrogens is 230 g/mol. The van der Waals surface area contributed by atoms with E-state index in [1.807, 2.05) is 25.7 Å². The highest BCUT2D eigenvalue weighted by atomic mass is 16.6. The minimum absolute atomic E-state index is 0.178. The second-order valence-corrected chi connectivity index (χ2v) is 6.55. The summed E-state index contributed by atoms with van der Waals surface area (Å²) in [5.41, 5.74) is -0.448. The Morgan fingerprint density at radius 3 is 2.61 bits per heavy atom. The second-order valence-electron chi connectivity index (χ2n) is 6.55. The van der Waals surface area contributed by atoms with E-state index < -0.39 is 5.60 Å². The Labute approximate surface area is 109 Å². The molecule has 2 rings (SSSR count). The third-order valence-electron chi connectivity index (χ3n) is 3.95. The third kappa shape index (κ3) is 2.97. The number of aliphatic hydroxyl groups is 1. The van der Waals surface area contributed by atoms with Gasteiger partial charge in [-0.2, -0.15) is 0 Å². The molecule has 1 heterocycles. The molecule has 0 aromatic rings. The Morgan fingerprint density at radius 2 is 1.94 bits per heavy atom. The van der Waals surface area contributed by atoms with Crippen molar-refractivity contribution in [1.29, 1.82) is 0 Å². The molecule has 0 unspecified atom stereocenters. The Kier molecular flexibility index (Phi) is 3.85. The molecular formula is C14H25NO3. The van der Waals surface area contributed by atoms with E-state index in [4.69, 9.17) is 4.74 Å². The lowest BCUT2D eigenvalue weighted by Crippen LogP contribution is -2.45. The van der Waals surface area contributed by atoms with Crippen LogP contribution in [0.25, 0.3) is 0 Å². The largest absolute Gasteiger partial charge is 0.444 e. The second kappa shape index (κ2) is 5.08. The molecule has 0 radical (unpaired) electrons. The maximum Gasteiger partial charge on any atom is 0.410 e. The molecule has 0 spiro atoms. The van der Waals surface area contributed by atoms with Crippen molar-refractivity contribution < 1.29 is 14.6 Å². The lowest BCUT2D eigenvalue weighted by atomic mass is 9.95. The van der Waals surface area contributed by atoms with Crippen molar-refractivity contribution in [3.8, 4) is 0 Å². The first-order valence-electron chi connectivity index (χ1n) is 7.06. The van der Waals surface area contributed by atoms with Crippen LogP contribution in [-0.4, -0.2) is 40.4 Å². The maximum atomic E-state index is 12.2. The first-order valence-corrected chi connectivity index (χ1v) is 7.06. The summed E-state index contributed by atoms with van der Waals surface area (Å²) in [5.74, 6) is 0.250. The van der Waals surface area contributed by atoms with E-state index in [0.29, 0.717) is 6.54 Å².